The van der Waals surface area contributed by atoms with E-state index in [0.29, 0.717) is 0 Å². The SMILES string of the molecule is C=C1C(c2cccnc2)=CNN1c1cc(NCCN2CCCCCC2)ncn1. The highest BCUT2D eigenvalue weighted by atomic mass is 15.5. The van der Waals surface area contributed by atoms with Crippen LogP contribution in [-0.2, 0) is 0 Å². The average molecular weight is 377 g/mol. The Morgan fingerprint density at radius 2 is 2.00 bits per heavy atom. The Labute approximate surface area is 166 Å². The van der Waals surface area contributed by atoms with Crippen molar-refractivity contribution in [3.05, 3.63) is 61.0 Å². The summed E-state index contributed by atoms with van der Waals surface area (Å²) in [5.41, 5.74) is 6.09. The molecule has 2 N–H and O–H groups in total. The third-order valence-electron chi connectivity index (χ3n) is 5.21. The third-order valence-corrected chi connectivity index (χ3v) is 5.21. The minimum absolute atomic E-state index is 0.757. The van der Waals surface area contributed by atoms with Gasteiger partial charge >= 0.3 is 0 Å². The lowest BCUT2D eigenvalue weighted by Crippen LogP contribution is -2.30. The van der Waals surface area contributed by atoms with E-state index < -0.39 is 0 Å². The Hall–Kier alpha value is -2.93. The fraction of sp³-hybridized carbons (Fsp3) is 0.381. The summed E-state index contributed by atoms with van der Waals surface area (Å²) >= 11 is 0. The van der Waals surface area contributed by atoms with Gasteiger partial charge in [0.2, 0.25) is 0 Å². The molecule has 7 nitrogen and oxygen atoms in total. The summed E-state index contributed by atoms with van der Waals surface area (Å²) in [5, 5.41) is 5.30. The molecule has 1 fully saturated rings. The normalized spacial score (nSPS) is 17.8. The molecule has 2 aromatic heterocycles. The number of allylic oxidation sites excluding steroid dienone is 1. The number of likely N-dealkylation sites (tertiary alicyclic amines) is 1. The molecule has 4 heterocycles. The molecule has 0 atom stereocenters. The molecule has 0 aliphatic carbocycles. The lowest BCUT2D eigenvalue weighted by atomic mass is 10.1. The van der Waals surface area contributed by atoms with Crippen LogP contribution in [0.4, 0.5) is 11.6 Å². The summed E-state index contributed by atoms with van der Waals surface area (Å²) in [6, 6.07) is 5.88. The molecule has 0 aromatic carbocycles. The van der Waals surface area contributed by atoms with Crippen LogP contribution in [-0.4, -0.2) is 46.0 Å². The zero-order valence-corrected chi connectivity index (χ0v) is 16.1. The highest BCUT2D eigenvalue weighted by Gasteiger charge is 2.22. The number of hydrogen-bond donors (Lipinski definition) is 2. The number of rotatable bonds is 6. The molecule has 2 aliphatic rings. The first-order valence-corrected chi connectivity index (χ1v) is 9.96. The van der Waals surface area contributed by atoms with Gasteiger partial charge in [0.15, 0.2) is 5.82 Å². The van der Waals surface area contributed by atoms with Crippen molar-refractivity contribution in [3.8, 4) is 0 Å². The van der Waals surface area contributed by atoms with Gasteiger partial charge in [-0.15, -0.1) is 0 Å². The maximum atomic E-state index is 4.40. The van der Waals surface area contributed by atoms with Crippen LogP contribution in [0.2, 0.25) is 0 Å². The van der Waals surface area contributed by atoms with Gasteiger partial charge in [-0.3, -0.25) is 10.4 Å². The zero-order valence-electron chi connectivity index (χ0n) is 16.1. The van der Waals surface area contributed by atoms with E-state index in [1.807, 2.05) is 35.6 Å². The summed E-state index contributed by atoms with van der Waals surface area (Å²) in [4.78, 5) is 15.5. The van der Waals surface area contributed by atoms with Gasteiger partial charge in [0.25, 0.3) is 0 Å². The monoisotopic (exact) mass is 377 g/mol. The van der Waals surface area contributed by atoms with E-state index >= 15 is 0 Å². The number of hydrogen-bond acceptors (Lipinski definition) is 7. The fourth-order valence-electron chi connectivity index (χ4n) is 3.66. The van der Waals surface area contributed by atoms with Crippen LogP contribution in [0.25, 0.3) is 5.57 Å². The van der Waals surface area contributed by atoms with Gasteiger partial charge in [0.1, 0.15) is 12.1 Å². The Kier molecular flexibility index (Phi) is 5.82. The second-order valence-corrected chi connectivity index (χ2v) is 7.15. The number of nitrogens with one attached hydrogen (secondary N) is 2. The van der Waals surface area contributed by atoms with Crippen LogP contribution in [0.5, 0.6) is 0 Å². The number of anilines is 2. The Morgan fingerprint density at radius 3 is 2.79 bits per heavy atom. The Bertz CT molecular complexity index is 826. The summed E-state index contributed by atoms with van der Waals surface area (Å²) in [7, 11) is 0. The maximum absolute atomic E-state index is 4.40. The zero-order chi connectivity index (χ0) is 19.2. The van der Waals surface area contributed by atoms with Gasteiger partial charge in [0.05, 0.1) is 5.70 Å². The van der Waals surface area contributed by atoms with Gasteiger partial charge in [-0.1, -0.05) is 25.5 Å². The van der Waals surface area contributed by atoms with E-state index in [4.69, 9.17) is 0 Å². The topological polar surface area (TPSA) is 69.2 Å². The largest absolute Gasteiger partial charge is 0.369 e. The van der Waals surface area contributed by atoms with Gasteiger partial charge in [-0.05, 0) is 32.0 Å². The molecule has 0 amide bonds. The minimum atomic E-state index is 0.757. The van der Waals surface area contributed by atoms with Crippen LogP contribution >= 0.6 is 0 Å². The third kappa shape index (κ3) is 4.31. The van der Waals surface area contributed by atoms with E-state index in [-0.39, 0.29) is 0 Å². The van der Waals surface area contributed by atoms with Crippen LogP contribution in [0, 0.1) is 0 Å². The van der Waals surface area contributed by atoms with Crippen LogP contribution in [0.3, 0.4) is 0 Å². The molecule has 0 bridgehead atoms. The average Bonchev–Trinajstić information content (AvgIpc) is 2.93. The molecule has 0 unspecified atom stereocenters. The van der Waals surface area contributed by atoms with Crippen molar-refractivity contribution in [1.82, 2.24) is 25.3 Å². The summed E-state index contributed by atoms with van der Waals surface area (Å²) in [5.74, 6) is 1.58. The molecule has 28 heavy (non-hydrogen) atoms. The first kappa shape index (κ1) is 18.4. The second-order valence-electron chi connectivity index (χ2n) is 7.15. The van der Waals surface area contributed by atoms with Crippen LogP contribution in [0.1, 0.15) is 31.2 Å². The molecule has 0 spiro atoms. The van der Waals surface area contributed by atoms with Crippen molar-refractivity contribution in [2.45, 2.75) is 25.7 Å². The van der Waals surface area contributed by atoms with Crippen molar-refractivity contribution in [2.75, 3.05) is 36.5 Å². The van der Waals surface area contributed by atoms with Crippen LogP contribution < -0.4 is 15.8 Å². The molecule has 2 aromatic rings. The standard InChI is InChI=1S/C21H27N7/c1-17-19(18-7-6-8-22-14-18)15-26-28(17)21-13-20(24-16-25-21)23-9-12-27-10-4-2-3-5-11-27/h6-8,13-16,26H,1-5,9-12H2,(H,23,24,25). The van der Waals surface area contributed by atoms with Crippen molar-refractivity contribution in [3.63, 3.8) is 0 Å². The summed E-state index contributed by atoms with van der Waals surface area (Å²) < 4.78 is 0. The number of aromatic nitrogens is 3. The van der Waals surface area contributed by atoms with Gasteiger partial charge in [-0.2, -0.15) is 0 Å². The molecule has 7 heteroatoms. The Balaban J connectivity index is 1.36. The smallest absolute Gasteiger partial charge is 0.157 e. The lowest BCUT2D eigenvalue weighted by Gasteiger charge is -2.21. The summed E-state index contributed by atoms with van der Waals surface area (Å²) in [6.45, 7) is 8.54. The molecule has 4 rings (SSSR count). The van der Waals surface area contributed by atoms with Crippen molar-refractivity contribution < 1.29 is 0 Å². The second kappa shape index (κ2) is 8.84. The van der Waals surface area contributed by atoms with E-state index in [9.17, 15) is 0 Å². The first-order valence-electron chi connectivity index (χ1n) is 9.96. The molecule has 1 saturated heterocycles. The molecular weight excluding hydrogens is 350 g/mol. The lowest BCUT2D eigenvalue weighted by molar-refractivity contribution is 0.296. The fourth-order valence-corrected chi connectivity index (χ4v) is 3.66. The first-order chi connectivity index (χ1) is 13.8. The van der Waals surface area contributed by atoms with Gasteiger partial charge in [-0.25, -0.2) is 15.0 Å². The van der Waals surface area contributed by atoms with E-state index in [2.05, 4.69) is 37.2 Å². The molecule has 146 valence electrons. The molecule has 0 saturated carbocycles. The van der Waals surface area contributed by atoms with Gasteiger partial charge in [0, 0.05) is 48.9 Å². The highest BCUT2D eigenvalue weighted by Crippen LogP contribution is 2.30. The van der Waals surface area contributed by atoms with Gasteiger partial charge < -0.3 is 10.2 Å². The number of hydrazine groups is 1. The quantitative estimate of drug-likeness (QED) is 0.802. The summed E-state index contributed by atoms with van der Waals surface area (Å²) in [6.07, 6.45) is 12.5. The predicted molar refractivity (Wildman–Crippen MR) is 112 cm³/mol. The molecular formula is C21H27N7. The molecule has 2 aliphatic heterocycles. The highest BCUT2D eigenvalue weighted by molar-refractivity contribution is 5.84. The van der Waals surface area contributed by atoms with Crippen LogP contribution in [0.15, 0.2) is 55.4 Å². The van der Waals surface area contributed by atoms with E-state index in [1.165, 1.54) is 38.8 Å². The predicted octanol–water partition coefficient (Wildman–Crippen LogP) is 3.04. The molecule has 0 radical (unpaired) electrons. The number of nitrogens with zero attached hydrogens (tertiary/aromatic N) is 5. The minimum Gasteiger partial charge on any atom is -0.369 e. The van der Waals surface area contributed by atoms with E-state index in [1.54, 1.807) is 12.5 Å². The Morgan fingerprint density at radius 1 is 1.14 bits per heavy atom. The maximum Gasteiger partial charge on any atom is 0.157 e. The van der Waals surface area contributed by atoms with E-state index in [0.717, 1.165) is 41.6 Å². The van der Waals surface area contributed by atoms with Crippen molar-refractivity contribution in [2.24, 2.45) is 0 Å². The number of pyridine rings is 1. The van der Waals surface area contributed by atoms with Crippen molar-refractivity contribution in [1.29, 1.82) is 0 Å². The van der Waals surface area contributed by atoms with Crippen molar-refractivity contribution >= 4 is 17.2 Å².